The first-order valence-electron chi connectivity index (χ1n) is 5.74. The molecular formula is C12H18N2O3S. The second-order valence-electron chi connectivity index (χ2n) is 4.07. The highest BCUT2D eigenvalue weighted by Gasteiger charge is 2.09. The maximum absolute atomic E-state index is 11.6. The molecule has 1 aromatic rings. The molecule has 0 spiro atoms. The lowest BCUT2D eigenvalue weighted by atomic mass is 10.2. The summed E-state index contributed by atoms with van der Waals surface area (Å²) in [4.78, 5) is 24.6. The summed E-state index contributed by atoms with van der Waals surface area (Å²) >= 11 is 1.68. The van der Waals surface area contributed by atoms with Crippen LogP contribution in [-0.2, 0) is 11.2 Å². The van der Waals surface area contributed by atoms with Crippen LogP contribution >= 0.6 is 11.3 Å². The molecule has 1 aromatic heterocycles. The fourth-order valence-electron chi connectivity index (χ4n) is 1.44. The van der Waals surface area contributed by atoms with Crippen molar-refractivity contribution in [1.82, 2.24) is 10.2 Å². The largest absolute Gasteiger partial charge is 0.481 e. The van der Waals surface area contributed by atoms with E-state index < -0.39 is 5.97 Å². The molecule has 0 saturated heterocycles. The Labute approximate surface area is 110 Å². The van der Waals surface area contributed by atoms with E-state index in [1.165, 1.54) is 15.3 Å². The maximum Gasteiger partial charge on any atom is 0.317 e. The third-order valence-corrected chi connectivity index (χ3v) is 3.69. The summed E-state index contributed by atoms with van der Waals surface area (Å²) in [5.74, 6) is -0.899. The van der Waals surface area contributed by atoms with Crippen molar-refractivity contribution in [3.05, 3.63) is 21.9 Å². The first-order chi connectivity index (χ1) is 8.50. The lowest BCUT2D eigenvalue weighted by Crippen LogP contribution is -2.39. The number of rotatable bonds is 6. The maximum atomic E-state index is 11.6. The summed E-state index contributed by atoms with van der Waals surface area (Å²) in [6.07, 6.45) is 0.774. The Morgan fingerprint density at radius 3 is 2.78 bits per heavy atom. The quantitative estimate of drug-likeness (QED) is 0.827. The van der Waals surface area contributed by atoms with Gasteiger partial charge < -0.3 is 15.3 Å². The summed E-state index contributed by atoms with van der Waals surface area (Å²) < 4.78 is 0. The van der Waals surface area contributed by atoms with Crippen LogP contribution in [0, 0.1) is 6.92 Å². The van der Waals surface area contributed by atoms with Crippen LogP contribution in [0.25, 0.3) is 0 Å². The Balaban J connectivity index is 2.24. The molecule has 0 fully saturated rings. The molecule has 6 heteroatoms. The van der Waals surface area contributed by atoms with E-state index in [2.05, 4.69) is 11.4 Å². The molecule has 0 aliphatic heterocycles. The van der Waals surface area contributed by atoms with Crippen LogP contribution in [0.5, 0.6) is 0 Å². The summed E-state index contributed by atoms with van der Waals surface area (Å²) in [6, 6.07) is 1.83. The van der Waals surface area contributed by atoms with Gasteiger partial charge in [0.05, 0.1) is 6.42 Å². The van der Waals surface area contributed by atoms with Crippen LogP contribution in [0.15, 0.2) is 11.4 Å². The summed E-state index contributed by atoms with van der Waals surface area (Å²) in [6.45, 7) is 2.84. The molecule has 0 atom stereocenters. The number of nitrogens with one attached hydrogen (secondary N) is 1. The molecule has 100 valence electrons. The van der Waals surface area contributed by atoms with E-state index in [1.807, 2.05) is 12.3 Å². The van der Waals surface area contributed by atoms with Crippen LogP contribution in [-0.4, -0.2) is 42.1 Å². The third-order valence-electron chi connectivity index (χ3n) is 2.60. The van der Waals surface area contributed by atoms with E-state index >= 15 is 0 Å². The minimum atomic E-state index is -0.899. The van der Waals surface area contributed by atoms with Gasteiger partial charge in [0.2, 0.25) is 0 Å². The number of nitrogens with zero attached hydrogens (tertiary/aromatic N) is 1. The number of hydrogen-bond acceptors (Lipinski definition) is 3. The number of hydrogen-bond donors (Lipinski definition) is 2. The first kappa shape index (κ1) is 14.5. The average Bonchev–Trinajstić information content (AvgIpc) is 2.72. The number of carbonyl (C=O) groups is 2. The Morgan fingerprint density at radius 1 is 1.50 bits per heavy atom. The molecule has 0 radical (unpaired) electrons. The molecule has 0 aliphatic rings. The van der Waals surface area contributed by atoms with Gasteiger partial charge in [-0.05, 0) is 30.4 Å². The van der Waals surface area contributed by atoms with Gasteiger partial charge in [-0.1, -0.05) is 0 Å². The minimum absolute atomic E-state index is 0.0338. The highest BCUT2D eigenvalue weighted by molar-refractivity contribution is 7.10. The van der Waals surface area contributed by atoms with Crippen molar-refractivity contribution in [1.29, 1.82) is 0 Å². The summed E-state index contributed by atoms with van der Waals surface area (Å²) in [7, 11) is 1.59. The van der Waals surface area contributed by atoms with Crippen molar-refractivity contribution in [3.8, 4) is 0 Å². The number of carboxylic acid groups (broad SMARTS) is 1. The highest BCUT2D eigenvalue weighted by atomic mass is 32.1. The molecule has 5 nitrogen and oxygen atoms in total. The normalized spacial score (nSPS) is 10.1. The Bertz CT molecular complexity index is 417. The number of carbonyl (C=O) groups excluding carboxylic acids is 1. The number of aryl methyl sites for hydroxylation is 1. The number of thiophene rings is 1. The van der Waals surface area contributed by atoms with Gasteiger partial charge in [-0.25, -0.2) is 4.79 Å². The SMILES string of the molecule is Cc1ccsc1CCNC(=O)N(C)CCC(=O)O. The molecule has 0 unspecified atom stereocenters. The Morgan fingerprint density at radius 2 is 2.22 bits per heavy atom. The monoisotopic (exact) mass is 270 g/mol. The van der Waals surface area contributed by atoms with Gasteiger partial charge in [0.1, 0.15) is 0 Å². The van der Waals surface area contributed by atoms with E-state index in [1.54, 1.807) is 18.4 Å². The van der Waals surface area contributed by atoms with Crippen molar-refractivity contribution in [3.63, 3.8) is 0 Å². The summed E-state index contributed by atoms with van der Waals surface area (Å²) in [5.41, 5.74) is 1.24. The van der Waals surface area contributed by atoms with E-state index in [-0.39, 0.29) is 19.0 Å². The van der Waals surface area contributed by atoms with Gasteiger partial charge in [-0.2, -0.15) is 0 Å². The van der Waals surface area contributed by atoms with Gasteiger partial charge >= 0.3 is 12.0 Å². The molecule has 18 heavy (non-hydrogen) atoms. The van der Waals surface area contributed by atoms with E-state index in [9.17, 15) is 9.59 Å². The summed E-state index contributed by atoms with van der Waals surface area (Å²) in [5, 5.41) is 13.3. The average molecular weight is 270 g/mol. The zero-order valence-corrected chi connectivity index (χ0v) is 11.4. The molecule has 0 bridgehead atoms. The van der Waals surface area contributed by atoms with E-state index in [0.717, 1.165) is 6.42 Å². The van der Waals surface area contributed by atoms with Crippen molar-refractivity contribution < 1.29 is 14.7 Å². The molecule has 1 heterocycles. The molecule has 2 N–H and O–H groups in total. The van der Waals surface area contributed by atoms with Crippen LogP contribution in [0.1, 0.15) is 16.9 Å². The van der Waals surface area contributed by atoms with Gasteiger partial charge in [0.25, 0.3) is 0 Å². The zero-order chi connectivity index (χ0) is 13.5. The molecular weight excluding hydrogens is 252 g/mol. The Kier molecular flexibility index (Phi) is 5.64. The van der Waals surface area contributed by atoms with Crippen LogP contribution in [0.4, 0.5) is 4.79 Å². The van der Waals surface area contributed by atoms with Crippen LogP contribution in [0.2, 0.25) is 0 Å². The van der Waals surface area contributed by atoms with Crippen molar-refractivity contribution in [2.75, 3.05) is 20.1 Å². The predicted molar refractivity (Wildman–Crippen MR) is 71.0 cm³/mol. The smallest absolute Gasteiger partial charge is 0.317 e. The Hall–Kier alpha value is -1.56. The molecule has 1 rings (SSSR count). The van der Waals surface area contributed by atoms with Gasteiger partial charge in [-0.15, -0.1) is 11.3 Å². The highest BCUT2D eigenvalue weighted by Crippen LogP contribution is 2.15. The number of carboxylic acids is 1. The van der Waals surface area contributed by atoms with Crippen molar-refractivity contribution >= 4 is 23.3 Å². The van der Waals surface area contributed by atoms with Gasteiger partial charge in [0, 0.05) is 25.0 Å². The fraction of sp³-hybridized carbons (Fsp3) is 0.500. The number of urea groups is 1. The molecule has 0 aromatic carbocycles. The van der Waals surface area contributed by atoms with Crippen LogP contribution in [0.3, 0.4) is 0 Å². The standard InChI is InChI=1S/C12H18N2O3S/c1-9-5-8-18-10(9)3-6-13-12(17)14(2)7-4-11(15)16/h5,8H,3-4,6-7H2,1-2H3,(H,13,17)(H,15,16). The van der Waals surface area contributed by atoms with Crippen molar-refractivity contribution in [2.45, 2.75) is 19.8 Å². The second kappa shape index (κ2) is 7.00. The predicted octanol–water partition coefficient (Wildman–Crippen LogP) is 1.72. The molecule has 2 amide bonds. The number of amides is 2. The van der Waals surface area contributed by atoms with Crippen LogP contribution < -0.4 is 5.32 Å². The molecule has 0 aliphatic carbocycles. The third kappa shape index (κ3) is 4.75. The molecule has 0 saturated carbocycles. The first-order valence-corrected chi connectivity index (χ1v) is 6.62. The van der Waals surface area contributed by atoms with E-state index in [0.29, 0.717) is 6.54 Å². The minimum Gasteiger partial charge on any atom is -0.481 e. The van der Waals surface area contributed by atoms with Gasteiger partial charge in [-0.3, -0.25) is 4.79 Å². The lowest BCUT2D eigenvalue weighted by molar-refractivity contribution is -0.137. The lowest BCUT2D eigenvalue weighted by Gasteiger charge is -2.16. The topological polar surface area (TPSA) is 69.6 Å². The zero-order valence-electron chi connectivity index (χ0n) is 10.6. The van der Waals surface area contributed by atoms with E-state index in [4.69, 9.17) is 5.11 Å². The van der Waals surface area contributed by atoms with Crippen molar-refractivity contribution in [2.24, 2.45) is 0 Å². The second-order valence-corrected chi connectivity index (χ2v) is 5.07. The van der Waals surface area contributed by atoms with Gasteiger partial charge in [0.15, 0.2) is 0 Å². The number of aliphatic carboxylic acids is 1. The fourth-order valence-corrected chi connectivity index (χ4v) is 2.35.